The van der Waals surface area contributed by atoms with Gasteiger partial charge in [-0.3, -0.25) is 4.98 Å². The van der Waals surface area contributed by atoms with Crippen molar-refractivity contribution in [3.63, 3.8) is 0 Å². The van der Waals surface area contributed by atoms with Crippen LogP contribution in [0.25, 0.3) is 11.3 Å². The Morgan fingerprint density at radius 2 is 2.04 bits per heavy atom. The Morgan fingerprint density at radius 1 is 1.16 bits per heavy atom. The number of aromatic nitrogens is 3. The summed E-state index contributed by atoms with van der Waals surface area (Å²) in [5.41, 5.74) is 1.59. The molecule has 0 aliphatic rings. The Hall–Kier alpha value is -2.77. The fraction of sp³-hybridized carbons (Fsp3) is 0.118. The molecule has 2 aromatic heterocycles. The second-order valence-electron chi connectivity index (χ2n) is 5.10. The molecule has 0 aliphatic carbocycles. The zero-order chi connectivity index (χ0) is 17.6. The van der Waals surface area contributed by atoms with Crippen LogP contribution >= 0.6 is 11.6 Å². The maximum absolute atomic E-state index is 14.0. The van der Waals surface area contributed by atoms with Gasteiger partial charge >= 0.3 is 0 Å². The lowest BCUT2D eigenvalue weighted by atomic mass is 10.2. The average molecular weight is 360 g/mol. The van der Waals surface area contributed by atoms with Crippen LogP contribution < -0.4 is 10.6 Å². The first-order valence-corrected chi connectivity index (χ1v) is 7.90. The Morgan fingerprint density at radius 3 is 2.80 bits per heavy atom. The van der Waals surface area contributed by atoms with Crippen molar-refractivity contribution >= 4 is 29.1 Å². The van der Waals surface area contributed by atoms with Crippen molar-refractivity contribution < 1.29 is 9.50 Å². The summed E-state index contributed by atoms with van der Waals surface area (Å²) >= 11 is 5.92. The van der Waals surface area contributed by atoms with Crippen molar-refractivity contribution in [3.05, 3.63) is 59.6 Å². The van der Waals surface area contributed by atoms with Gasteiger partial charge in [0.25, 0.3) is 0 Å². The van der Waals surface area contributed by atoms with Crippen LogP contribution in [0.5, 0.6) is 0 Å². The molecule has 0 radical (unpaired) electrons. The molecule has 1 aromatic carbocycles. The number of hydrogen-bond acceptors (Lipinski definition) is 6. The van der Waals surface area contributed by atoms with Crippen LogP contribution in [0.4, 0.5) is 21.8 Å². The first-order chi connectivity index (χ1) is 12.2. The summed E-state index contributed by atoms with van der Waals surface area (Å²) in [5, 5.41) is 15.2. The largest absolute Gasteiger partial charge is 0.395 e. The summed E-state index contributed by atoms with van der Waals surface area (Å²) < 4.78 is 14.0. The third-order valence-electron chi connectivity index (χ3n) is 3.27. The highest BCUT2D eigenvalue weighted by Crippen LogP contribution is 2.26. The summed E-state index contributed by atoms with van der Waals surface area (Å²) in [7, 11) is 0. The van der Waals surface area contributed by atoms with Crippen molar-refractivity contribution in [1.82, 2.24) is 15.0 Å². The minimum absolute atomic E-state index is 0.0633. The van der Waals surface area contributed by atoms with Crippen LogP contribution in [-0.4, -0.2) is 33.2 Å². The highest BCUT2D eigenvalue weighted by atomic mass is 35.5. The van der Waals surface area contributed by atoms with Gasteiger partial charge in [0.05, 0.1) is 18.0 Å². The van der Waals surface area contributed by atoms with E-state index in [1.807, 2.05) is 6.07 Å². The van der Waals surface area contributed by atoms with E-state index in [9.17, 15) is 4.39 Å². The molecule has 0 bridgehead atoms. The summed E-state index contributed by atoms with van der Waals surface area (Å²) in [4.78, 5) is 12.8. The lowest BCUT2D eigenvalue weighted by Gasteiger charge is -2.11. The predicted octanol–water partition coefficient (Wildman–Crippen LogP) is 3.48. The minimum Gasteiger partial charge on any atom is -0.395 e. The predicted molar refractivity (Wildman–Crippen MR) is 95.5 cm³/mol. The van der Waals surface area contributed by atoms with Gasteiger partial charge in [0, 0.05) is 35.6 Å². The number of benzene rings is 1. The smallest absolute Gasteiger partial charge is 0.225 e. The molecule has 0 aliphatic heterocycles. The Labute approximate surface area is 148 Å². The van der Waals surface area contributed by atoms with E-state index in [1.165, 1.54) is 18.2 Å². The molecule has 6 nitrogen and oxygen atoms in total. The van der Waals surface area contributed by atoms with Gasteiger partial charge in [-0.25, -0.2) is 9.37 Å². The lowest BCUT2D eigenvalue weighted by molar-refractivity contribution is 0.311. The standard InChI is InChI=1S/C17H15ClFN5O/c18-12-3-4-13(19)15(8-12)22-16-9-14(11-2-1-5-20-10-11)23-17(24-16)21-6-7-25/h1-5,8-10,25H,6-7H2,(H2,21,22,23,24). The van der Waals surface area contributed by atoms with Gasteiger partial charge in [-0.1, -0.05) is 11.6 Å². The molecule has 2 heterocycles. The topological polar surface area (TPSA) is 83.0 Å². The van der Waals surface area contributed by atoms with Gasteiger partial charge in [-0.2, -0.15) is 4.98 Å². The third-order valence-corrected chi connectivity index (χ3v) is 3.50. The van der Waals surface area contributed by atoms with E-state index in [2.05, 4.69) is 25.6 Å². The minimum atomic E-state index is -0.448. The maximum atomic E-state index is 14.0. The molecule has 3 rings (SSSR count). The number of aliphatic hydroxyl groups excluding tert-OH is 1. The average Bonchev–Trinajstić information content (AvgIpc) is 2.63. The fourth-order valence-corrected chi connectivity index (χ4v) is 2.32. The van der Waals surface area contributed by atoms with Gasteiger partial charge in [0.1, 0.15) is 11.6 Å². The molecular weight excluding hydrogens is 345 g/mol. The molecule has 0 unspecified atom stereocenters. The van der Waals surface area contributed by atoms with Crippen molar-refractivity contribution in [2.75, 3.05) is 23.8 Å². The van der Waals surface area contributed by atoms with E-state index in [1.54, 1.807) is 24.5 Å². The molecule has 128 valence electrons. The van der Waals surface area contributed by atoms with Crippen LogP contribution in [0.1, 0.15) is 0 Å². The number of nitrogens with one attached hydrogen (secondary N) is 2. The highest BCUT2D eigenvalue weighted by Gasteiger charge is 2.09. The van der Waals surface area contributed by atoms with Crippen LogP contribution in [0, 0.1) is 5.82 Å². The highest BCUT2D eigenvalue weighted by molar-refractivity contribution is 6.30. The Balaban J connectivity index is 1.98. The van der Waals surface area contributed by atoms with E-state index in [0.717, 1.165) is 5.56 Å². The van der Waals surface area contributed by atoms with E-state index >= 15 is 0 Å². The maximum Gasteiger partial charge on any atom is 0.225 e. The molecule has 3 aromatic rings. The quantitative estimate of drug-likeness (QED) is 0.625. The number of anilines is 3. The number of aliphatic hydroxyl groups is 1. The molecule has 0 atom stereocenters. The number of halogens is 2. The summed E-state index contributed by atoms with van der Waals surface area (Å²) in [6.45, 7) is 0.230. The zero-order valence-corrected chi connectivity index (χ0v) is 13.8. The molecule has 8 heteroatoms. The molecule has 25 heavy (non-hydrogen) atoms. The summed E-state index contributed by atoms with van der Waals surface area (Å²) in [5.74, 6) is 0.242. The number of pyridine rings is 1. The summed E-state index contributed by atoms with van der Waals surface area (Å²) in [6.07, 6.45) is 3.33. The first kappa shape index (κ1) is 17.1. The second-order valence-corrected chi connectivity index (χ2v) is 5.54. The number of rotatable bonds is 6. The molecule has 0 amide bonds. The molecule has 0 spiro atoms. The van der Waals surface area contributed by atoms with Crippen LogP contribution in [0.3, 0.4) is 0 Å². The molecule has 0 fully saturated rings. The molecule has 0 saturated heterocycles. The monoisotopic (exact) mass is 359 g/mol. The van der Waals surface area contributed by atoms with Crippen LogP contribution in [0.2, 0.25) is 5.02 Å². The SMILES string of the molecule is OCCNc1nc(Nc2cc(Cl)ccc2F)cc(-c2cccnc2)n1. The zero-order valence-electron chi connectivity index (χ0n) is 13.1. The van der Waals surface area contributed by atoms with Gasteiger partial charge in [0.15, 0.2) is 0 Å². The molecular formula is C17H15ClFN5O. The Kier molecular flexibility index (Phi) is 5.37. The van der Waals surface area contributed by atoms with Crippen molar-refractivity contribution in [1.29, 1.82) is 0 Å². The van der Waals surface area contributed by atoms with Gasteiger partial charge in [-0.15, -0.1) is 0 Å². The lowest BCUT2D eigenvalue weighted by Crippen LogP contribution is -2.10. The van der Waals surface area contributed by atoms with E-state index in [0.29, 0.717) is 29.0 Å². The summed E-state index contributed by atoms with van der Waals surface area (Å²) in [6, 6.07) is 9.55. The molecule has 3 N–H and O–H groups in total. The van der Waals surface area contributed by atoms with Gasteiger partial charge < -0.3 is 15.7 Å². The molecule has 0 saturated carbocycles. The Bertz CT molecular complexity index is 863. The van der Waals surface area contributed by atoms with Crippen molar-refractivity contribution in [3.8, 4) is 11.3 Å². The first-order valence-electron chi connectivity index (χ1n) is 7.52. The van der Waals surface area contributed by atoms with Crippen molar-refractivity contribution in [2.45, 2.75) is 0 Å². The third kappa shape index (κ3) is 4.40. The number of nitrogens with zero attached hydrogens (tertiary/aromatic N) is 3. The van der Waals surface area contributed by atoms with Gasteiger partial charge in [-0.05, 0) is 30.3 Å². The van der Waals surface area contributed by atoms with Crippen LogP contribution in [-0.2, 0) is 0 Å². The van der Waals surface area contributed by atoms with E-state index in [-0.39, 0.29) is 12.3 Å². The normalized spacial score (nSPS) is 10.5. The van der Waals surface area contributed by atoms with E-state index in [4.69, 9.17) is 16.7 Å². The van der Waals surface area contributed by atoms with Crippen molar-refractivity contribution in [2.24, 2.45) is 0 Å². The second kappa shape index (κ2) is 7.87. The van der Waals surface area contributed by atoms with E-state index < -0.39 is 5.82 Å². The number of hydrogen-bond donors (Lipinski definition) is 3. The fourth-order valence-electron chi connectivity index (χ4n) is 2.15. The van der Waals surface area contributed by atoms with Gasteiger partial charge in [0.2, 0.25) is 5.95 Å². The van der Waals surface area contributed by atoms with Crippen LogP contribution in [0.15, 0.2) is 48.8 Å².